The van der Waals surface area contributed by atoms with E-state index in [1.165, 1.54) is 0 Å². The summed E-state index contributed by atoms with van der Waals surface area (Å²) in [5, 5.41) is 17.5. The van der Waals surface area contributed by atoms with E-state index in [-0.39, 0.29) is 5.56 Å². The first-order valence-electron chi connectivity index (χ1n) is 6.40. The molecule has 0 amide bonds. The third kappa shape index (κ3) is 2.79. The number of benzene rings is 1. The number of carboxylic acids is 1. The molecule has 1 aromatic carbocycles. The molecule has 2 aromatic rings. The standard InChI is InChI=1S/C15H17N3O3/c1-9-10(2)16-17-14(13(9)15(19)20)18(3)11-6-5-7-12(8-11)21-4/h5-8H,1-4H3,(H,19,20). The molecule has 0 aliphatic carbocycles. The number of anilines is 2. The molecule has 6 heteroatoms. The van der Waals surface area contributed by atoms with E-state index in [0.717, 1.165) is 5.69 Å². The van der Waals surface area contributed by atoms with E-state index < -0.39 is 5.97 Å². The summed E-state index contributed by atoms with van der Waals surface area (Å²) in [6, 6.07) is 7.31. The molecule has 0 fully saturated rings. The van der Waals surface area contributed by atoms with Crippen molar-refractivity contribution in [3.05, 3.63) is 41.1 Å². The second-order valence-electron chi connectivity index (χ2n) is 4.67. The van der Waals surface area contributed by atoms with Crippen LogP contribution in [0.15, 0.2) is 24.3 Å². The number of methoxy groups -OCH3 is 1. The van der Waals surface area contributed by atoms with Gasteiger partial charge >= 0.3 is 5.97 Å². The molecule has 0 radical (unpaired) electrons. The van der Waals surface area contributed by atoms with E-state index in [0.29, 0.717) is 22.8 Å². The van der Waals surface area contributed by atoms with Crippen molar-refractivity contribution in [1.29, 1.82) is 0 Å². The zero-order valence-electron chi connectivity index (χ0n) is 12.4. The average molecular weight is 287 g/mol. The highest BCUT2D eigenvalue weighted by molar-refractivity contribution is 5.96. The minimum Gasteiger partial charge on any atom is -0.497 e. The molecule has 21 heavy (non-hydrogen) atoms. The van der Waals surface area contributed by atoms with E-state index in [9.17, 15) is 9.90 Å². The van der Waals surface area contributed by atoms with Crippen LogP contribution in [-0.2, 0) is 0 Å². The van der Waals surface area contributed by atoms with Crippen molar-refractivity contribution in [2.75, 3.05) is 19.1 Å². The lowest BCUT2D eigenvalue weighted by Gasteiger charge is -2.21. The Balaban J connectivity index is 2.55. The highest BCUT2D eigenvalue weighted by Gasteiger charge is 2.21. The molecule has 0 unspecified atom stereocenters. The molecule has 1 heterocycles. The quantitative estimate of drug-likeness (QED) is 0.931. The lowest BCUT2D eigenvalue weighted by atomic mass is 10.1. The molecule has 0 atom stereocenters. The number of rotatable bonds is 4. The van der Waals surface area contributed by atoms with Gasteiger partial charge in [0.25, 0.3) is 0 Å². The largest absolute Gasteiger partial charge is 0.497 e. The predicted octanol–water partition coefficient (Wildman–Crippen LogP) is 2.57. The van der Waals surface area contributed by atoms with Crippen LogP contribution in [0.1, 0.15) is 21.6 Å². The van der Waals surface area contributed by atoms with Gasteiger partial charge in [0, 0.05) is 18.8 Å². The minimum absolute atomic E-state index is 0.160. The van der Waals surface area contributed by atoms with Crippen LogP contribution in [0.5, 0.6) is 5.75 Å². The molecule has 0 aliphatic heterocycles. The number of hydrogen-bond acceptors (Lipinski definition) is 5. The summed E-state index contributed by atoms with van der Waals surface area (Å²) in [5.74, 6) is -0.0258. The van der Waals surface area contributed by atoms with Crippen LogP contribution in [0.4, 0.5) is 11.5 Å². The van der Waals surface area contributed by atoms with Crippen LogP contribution in [0, 0.1) is 13.8 Å². The maximum Gasteiger partial charge on any atom is 0.339 e. The number of aryl methyl sites for hydroxylation is 1. The Kier molecular flexibility index (Phi) is 4.07. The Morgan fingerprint density at radius 1 is 1.29 bits per heavy atom. The van der Waals surface area contributed by atoms with Crippen LogP contribution in [-0.4, -0.2) is 35.4 Å². The topological polar surface area (TPSA) is 75.5 Å². The first-order chi connectivity index (χ1) is 9.95. The van der Waals surface area contributed by atoms with Gasteiger partial charge in [0.15, 0.2) is 5.82 Å². The summed E-state index contributed by atoms with van der Waals surface area (Å²) in [6.07, 6.45) is 0. The van der Waals surface area contributed by atoms with Crippen LogP contribution in [0.2, 0.25) is 0 Å². The van der Waals surface area contributed by atoms with Gasteiger partial charge in [-0.15, -0.1) is 5.10 Å². The number of aromatic carboxylic acids is 1. The molecule has 0 spiro atoms. The minimum atomic E-state index is -1.02. The lowest BCUT2D eigenvalue weighted by Crippen LogP contribution is -2.18. The van der Waals surface area contributed by atoms with Crippen molar-refractivity contribution in [3.8, 4) is 5.75 Å². The third-order valence-electron chi connectivity index (χ3n) is 3.41. The molecule has 1 N–H and O–H groups in total. The molecule has 0 aliphatic rings. The molecule has 1 aromatic heterocycles. The zero-order chi connectivity index (χ0) is 15.6. The fourth-order valence-corrected chi connectivity index (χ4v) is 2.03. The van der Waals surface area contributed by atoms with E-state index in [1.807, 2.05) is 24.3 Å². The fraction of sp³-hybridized carbons (Fsp3) is 0.267. The van der Waals surface area contributed by atoms with Crippen LogP contribution >= 0.6 is 0 Å². The summed E-state index contributed by atoms with van der Waals surface area (Å²) in [4.78, 5) is 13.2. The molecule has 0 saturated heterocycles. The summed E-state index contributed by atoms with van der Waals surface area (Å²) >= 11 is 0. The Hall–Kier alpha value is -2.63. The van der Waals surface area contributed by atoms with Gasteiger partial charge in [0.2, 0.25) is 0 Å². The van der Waals surface area contributed by atoms with E-state index in [4.69, 9.17) is 4.74 Å². The van der Waals surface area contributed by atoms with Crippen LogP contribution in [0.3, 0.4) is 0 Å². The van der Waals surface area contributed by atoms with Crippen molar-refractivity contribution < 1.29 is 14.6 Å². The zero-order valence-corrected chi connectivity index (χ0v) is 12.4. The first-order valence-corrected chi connectivity index (χ1v) is 6.40. The third-order valence-corrected chi connectivity index (χ3v) is 3.41. The van der Waals surface area contributed by atoms with Gasteiger partial charge in [-0.1, -0.05) is 6.07 Å². The van der Waals surface area contributed by atoms with Gasteiger partial charge in [-0.2, -0.15) is 5.10 Å². The molecular weight excluding hydrogens is 270 g/mol. The molecule has 2 rings (SSSR count). The summed E-state index contributed by atoms with van der Waals surface area (Å²) in [7, 11) is 3.33. The monoisotopic (exact) mass is 287 g/mol. The van der Waals surface area contributed by atoms with Crippen molar-refractivity contribution in [1.82, 2.24) is 10.2 Å². The highest BCUT2D eigenvalue weighted by atomic mass is 16.5. The Labute approximate surface area is 123 Å². The summed E-state index contributed by atoms with van der Waals surface area (Å²) in [5.41, 5.74) is 2.15. The summed E-state index contributed by atoms with van der Waals surface area (Å²) < 4.78 is 5.18. The van der Waals surface area contributed by atoms with Gasteiger partial charge in [-0.05, 0) is 31.5 Å². The maximum atomic E-state index is 11.5. The Morgan fingerprint density at radius 3 is 2.62 bits per heavy atom. The van der Waals surface area contributed by atoms with E-state index in [2.05, 4.69) is 10.2 Å². The molecular formula is C15H17N3O3. The molecule has 0 bridgehead atoms. The Morgan fingerprint density at radius 2 is 2.00 bits per heavy atom. The van der Waals surface area contributed by atoms with Crippen molar-refractivity contribution in [2.24, 2.45) is 0 Å². The second-order valence-corrected chi connectivity index (χ2v) is 4.67. The van der Waals surface area contributed by atoms with E-state index in [1.54, 1.807) is 32.9 Å². The van der Waals surface area contributed by atoms with Crippen molar-refractivity contribution in [2.45, 2.75) is 13.8 Å². The molecule has 110 valence electrons. The SMILES string of the molecule is COc1cccc(N(C)c2nnc(C)c(C)c2C(=O)O)c1. The van der Waals surface area contributed by atoms with Gasteiger partial charge < -0.3 is 14.7 Å². The van der Waals surface area contributed by atoms with Crippen LogP contribution in [0.25, 0.3) is 0 Å². The number of carbonyl (C=O) groups is 1. The smallest absolute Gasteiger partial charge is 0.339 e. The van der Waals surface area contributed by atoms with Gasteiger partial charge in [-0.25, -0.2) is 4.79 Å². The number of carboxylic acid groups (broad SMARTS) is 1. The van der Waals surface area contributed by atoms with Gasteiger partial charge in [-0.3, -0.25) is 0 Å². The fourth-order valence-electron chi connectivity index (χ4n) is 2.03. The number of nitrogens with zero attached hydrogens (tertiary/aromatic N) is 3. The number of aromatic nitrogens is 2. The van der Waals surface area contributed by atoms with Crippen molar-refractivity contribution >= 4 is 17.5 Å². The normalized spacial score (nSPS) is 10.3. The maximum absolute atomic E-state index is 11.5. The first kappa shape index (κ1) is 14.8. The van der Waals surface area contributed by atoms with Crippen molar-refractivity contribution in [3.63, 3.8) is 0 Å². The number of ether oxygens (including phenoxy) is 1. The number of hydrogen-bond donors (Lipinski definition) is 1. The van der Waals surface area contributed by atoms with Crippen LogP contribution < -0.4 is 9.64 Å². The summed E-state index contributed by atoms with van der Waals surface area (Å²) in [6.45, 7) is 3.47. The molecule has 6 nitrogen and oxygen atoms in total. The van der Waals surface area contributed by atoms with Gasteiger partial charge in [0.05, 0.1) is 12.8 Å². The van der Waals surface area contributed by atoms with Gasteiger partial charge in [0.1, 0.15) is 11.3 Å². The average Bonchev–Trinajstić information content (AvgIpc) is 2.48. The lowest BCUT2D eigenvalue weighted by molar-refractivity contribution is 0.0696. The van der Waals surface area contributed by atoms with E-state index >= 15 is 0 Å². The highest BCUT2D eigenvalue weighted by Crippen LogP contribution is 2.29. The Bertz CT molecular complexity index is 686. The molecule has 0 saturated carbocycles. The predicted molar refractivity (Wildman–Crippen MR) is 79.5 cm³/mol. The second kappa shape index (κ2) is 5.78.